The molecular formula is C15H20N6. The highest BCUT2D eigenvalue weighted by Gasteiger charge is 2.27. The van der Waals surface area contributed by atoms with E-state index in [9.17, 15) is 0 Å². The van der Waals surface area contributed by atoms with Gasteiger partial charge in [0, 0.05) is 44.1 Å². The molecule has 0 spiro atoms. The Hall–Kier alpha value is -1.98. The Morgan fingerprint density at radius 1 is 1.10 bits per heavy atom. The maximum atomic E-state index is 4.38. The monoisotopic (exact) mass is 284 g/mol. The molecule has 0 aromatic carbocycles. The molecule has 1 aliphatic heterocycles. The first-order valence-electron chi connectivity index (χ1n) is 7.79. The van der Waals surface area contributed by atoms with Crippen LogP contribution in [-0.2, 0) is 6.54 Å². The van der Waals surface area contributed by atoms with Gasteiger partial charge in [0.2, 0.25) is 0 Å². The van der Waals surface area contributed by atoms with E-state index in [4.69, 9.17) is 0 Å². The largest absolute Gasteiger partial charge is 0.355 e. The van der Waals surface area contributed by atoms with E-state index in [1.807, 2.05) is 10.9 Å². The average molecular weight is 284 g/mol. The standard InChI is InChI=1S/C15H20N6/c1-2-13(1)14-11-21(19-18-14)10-12-3-7-20(8-4-12)15-9-16-5-6-17-15/h5-6,9,11-13H,1-4,7-8,10H2. The van der Waals surface area contributed by atoms with E-state index in [-0.39, 0.29) is 0 Å². The number of hydrogen-bond acceptors (Lipinski definition) is 5. The number of aromatic nitrogens is 5. The molecule has 2 aliphatic rings. The summed E-state index contributed by atoms with van der Waals surface area (Å²) in [4.78, 5) is 10.8. The minimum absolute atomic E-state index is 0.687. The Balaban J connectivity index is 1.32. The molecule has 2 aromatic rings. The van der Waals surface area contributed by atoms with Crippen LogP contribution >= 0.6 is 0 Å². The molecule has 1 saturated heterocycles. The van der Waals surface area contributed by atoms with Crippen LogP contribution in [0.1, 0.15) is 37.3 Å². The third-order valence-corrected chi connectivity index (χ3v) is 4.49. The van der Waals surface area contributed by atoms with Gasteiger partial charge >= 0.3 is 0 Å². The number of anilines is 1. The van der Waals surface area contributed by atoms with Crippen molar-refractivity contribution in [3.63, 3.8) is 0 Å². The Morgan fingerprint density at radius 2 is 1.95 bits per heavy atom. The summed E-state index contributed by atoms with van der Waals surface area (Å²) in [6.07, 6.45) is 12.4. The minimum Gasteiger partial charge on any atom is -0.355 e. The Labute approximate surface area is 124 Å². The normalized spacial score (nSPS) is 19.9. The molecule has 2 fully saturated rings. The van der Waals surface area contributed by atoms with Gasteiger partial charge in [0.1, 0.15) is 5.82 Å². The summed E-state index contributed by atoms with van der Waals surface area (Å²) in [5, 5.41) is 8.57. The smallest absolute Gasteiger partial charge is 0.147 e. The van der Waals surface area contributed by atoms with E-state index in [1.165, 1.54) is 31.4 Å². The zero-order valence-corrected chi connectivity index (χ0v) is 12.1. The number of piperidine rings is 1. The lowest BCUT2D eigenvalue weighted by molar-refractivity contribution is 0.338. The topological polar surface area (TPSA) is 59.7 Å². The second-order valence-corrected chi connectivity index (χ2v) is 6.13. The van der Waals surface area contributed by atoms with Crippen LogP contribution in [0.4, 0.5) is 5.82 Å². The summed E-state index contributed by atoms with van der Waals surface area (Å²) >= 11 is 0. The molecule has 2 aromatic heterocycles. The molecule has 21 heavy (non-hydrogen) atoms. The van der Waals surface area contributed by atoms with E-state index in [0.717, 1.165) is 25.5 Å². The Bertz CT molecular complexity index is 583. The highest BCUT2D eigenvalue weighted by atomic mass is 15.4. The van der Waals surface area contributed by atoms with Gasteiger partial charge in [-0.05, 0) is 31.6 Å². The second kappa shape index (κ2) is 5.42. The Kier molecular flexibility index (Phi) is 3.29. The first-order valence-corrected chi connectivity index (χ1v) is 7.79. The maximum absolute atomic E-state index is 4.38. The molecule has 110 valence electrons. The molecule has 0 radical (unpaired) electrons. The average Bonchev–Trinajstić information content (AvgIpc) is 3.29. The van der Waals surface area contributed by atoms with Crippen LogP contribution < -0.4 is 4.90 Å². The molecule has 3 heterocycles. The maximum Gasteiger partial charge on any atom is 0.147 e. The van der Waals surface area contributed by atoms with Crippen molar-refractivity contribution < 1.29 is 0 Å². The van der Waals surface area contributed by atoms with Crippen LogP contribution in [-0.4, -0.2) is 38.1 Å². The van der Waals surface area contributed by atoms with Crippen LogP contribution in [0.2, 0.25) is 0 Å². The van der Waals surface area contributed by atoms with E-state index in [0.29, 0.717) is 11.8 Å². The van der Waals surface area contributed by atoms with E-state index in [1.54, 1.807) is 12.4 Å². The molecular weight excluding hydrogens is 264 g/mol. The van der Waals surface area contributed by atoms with Crippen molar-refractivity contribution in [1.29, 1.82) is 0 Å². The summed E-state index contributed by atoms with van der Waals surface area (Å²) in [5.74, 6) is 2.37. The van der Waals surface area contributed by atoms with Crippen LogP contribution in [0.5, 0.6) is 0 Å². The lowest BCUT2D eigenvalue weighted by Gasteiger charge is -2.32. The minimum atomic E-state index is 0.687. The highest BCUT2D eigenvalue weighted by molar-refractivity contribution is 5.35. The van der Waals surface area contributed by atoms with Crippen molar-refractivity contribution in [1.82, 2.24) is 25.0 Å². The molecule has 0 unspecified atom stereocenters. The number of rotatable bonds is 4. The first-order chi connectivity index (χ1) is 10.4. The quantitative estimate of drug-likeness (QED) is 0.857. The van der Waals surface area contributed by atoms with Crippen LogP contribution in [0.25, 0.3) is 0 Å². The number of hydrogen-bond donors (Lipinski definition) is 0. The molecule has 6 nitrogen and oxygen atoms in total. The zero-order valence-electron chi connectivity index (χ0n) is 12.1. The van der Waals surface area contributed by atoms with Gasteiger partial charge in [0.05, 0.1) is 11.9 Å². The van der Waals surface area contributed by atoms with Crippen LogP contribution in [0.3, 0.4) is 0 Å². The molecule has 1 saturated carbocycles. The first kappa shape index (κ1) is 12.7. The van der Waals surface area contributed by atoms with Crippen molar-refractivity contribution in [2.45, 2.75) is 38.1 Å². The SMILES string of the molecule is c1cnc(N2CCC(Cn3cc(C4CC4)nn3)CC2)cn1. The third kappa shape index (κ3) is 2.89. The summed E-state index contributed by atoms with van der Waals surface area (Å²) in [5.41, 5.74) is 1.19. The molecule has 0 N–H and O–H groups in total. The lowest BCUT2D eigenvalue weighted by Crippen LogP contribution is -2.35. The fourth-order valence-corrected chi connectivity index (χ4v) is 3.03. The summed E-state index contributed by atoms with van der Waals surface area (Å²) in [7, 11) is 0. The van der Waals surface area contributed by atoms with Gasteiger partial charge in [0.25, 0.3) is 0 Å². The van der Waals surface area contributed by atoms with E-state index >= 15 is 0 Å². The predicted octanol–water partition coefficient (Wildman–Crippen LogP) is 1.86. The molecule has 0 atom stereocenters. The van der Waals surface area contributed by atoms with Crippen LogP contribution in [0.15, 0.2) is 24.8 Å². The van der Waals surface area contributed by atoms with Gasteiger partial charge < -0.3 is 4.90 Å². The third-order valence-electron chi connectivity index (χ3n) is 4.49. The highest BCUT2D eigenvalue weighted by Crippen LogP contribution is 2.38. The van der Waals surface area contributed by atoms with Crippen molar-refractivity contribution in [3.05, 3.63) is 30.5 Å². The fraction of sp³-hybridized carbons (Fsp3) is 0.600. The van der Waals surface area contributed by atoms with Gasteiger partial charge in [-0.25, -0.2) is 4.98 Å². The van der Waals surface area contributed by atoms with Crippen LogP contribution in [0, 0.1) is 5.92 Å². The van der Waals surface area contributed by atoms with Gasteiger partial charge in [-0.3, -0.25) is 9.67 Å². The van der Waals surface area contributed by atoms with Gasteiger partial charge in [-0.1, -0.05) is 5.21 Å². The van der Waals surface area contributed by atoms with Crippen molar-refractivity contribution in [3.8, 4) is 0 Å². The summed E-state index contributed by atoms with van der Waals surface area (Å²) < 4.78 is 2.04. The Morgan fingerprint density at radius 3 is 2.67 bits per heavy atom. The van der Waals surface area contributed by atoms with E-state index < -0.39 is 0 Å². The fourth-order valence-electron chi connectivity index (χ4n) is 3.03. The van der Waals surface area contributed by atoms with Gasteiger partial charge in [-0.15, -0.1) is 5.10 Å². The predicted molar refractivity (Wildman–Crippen MR) is 79.0 cm³/mol. The van der Waals surface area contributed by atoms with Crippen molar-refractivity contribution >= 4 is 5.82 Å². The molecule has 6 heteroatoms. The molecule has 4 rings (SSSR count). The van der Waals surface area contributed by atoms with Gasteiger partial charge in [-0.2, -0.15) is 0 Å². The molecule has 1 aliphatic carbocycles. The van der Waals surface area contributed by atoms with Gasteiger partial charge in [0.15, 0.2) is 0 Å². The summed E-state index contributed by atoms with van der Waals surface area (Å²) in [6, 6.07) is 0. The van der Waals surface area contributed by atoms with Crippen molar-refractivity contribution in [2.75, 3.05) is 18.0 Å². The number of nitrogens with zero attached hydrogens (tertiary/aromatic N) is 6. The zero-order chi connectivity index (χ0) is 14.1. The molecule has 0 amide bonds. The van der Waals surface area contributed by atoms with Crippen molar-refractivity contribution in [2.24, 2.45) is 5.92 Å². The lowest BCUT2D eigenvalue weighted by atomic mass is 9.97. The second-order valence-electron chi connectivity index (χ2n) is 6.13. The molecule has 0 bridgehead atoms. The summed E-state index contributed by atoms with van der Waals surface area (Å²) in [6.45, 7) is 3.09. The van der Waals surface area contributed by atoms with E-state index in [2.05, 4.69) is 31.4 Å².